The molecule has 0 aliphatic heterocycles. The SMILES string of the molecule is CCC(NC(=O)C1CCCCC1C(F)(F)F)C(=O)O. The van der Waals surface area contributed by atoms with E-state index >= 15 is 0 Å². The van der Waals surface area contributed by atoms with Crippen molar-refractivity contribution in [2.75, 3.05) is 0 Å². The van der Waals surface area contributed by atoms with E-state index in [-0.39, 0.29) is 19.3 Å². The number of aliphatic carboxylic acids is 1. The fraction of sp³-hybridized carbons (Fsp3) is 0.833. The second-order valence-electron chi connectivity index (χ2n) is 4.85. The van der Waals surface area contributed by atoms with Gasteiger partial charge >= 0.3 is 12.1 Å². The number of halogens is 3. The summed E-state index contributed by atoms with van der Waals surface area (Å²) in [7, 11) is 0. The third kappa shape index (κ3) is 4.11. The van der Waals surface area contributed by atoms with E-state index < -0.39 is 35.9 Å². The summed E-state index contributed by atoms with van der Waals surface area (Å²) in [5.41, 5.74) is 0. The molecule has 0 aromatic heterocycles. The van der Waals surface area contributed by atoms with Crippen LogP contribution in [0.2, 0.25) is 0 Å². The summed E-state index contributed by atoms with van der Waals surface area (Å²) in [6.45, 7) is 1.56. The van der Waals surface area contributed by atoms with E-state index in [2.05, 4.69) is 5.32 Å². The van der Waals surface area contributed by atoms with Crippen molar-refractivity contribution in [1.82, 2.24) is 5.32 Å². The van der Waals surface area contributed by atoms with Crippen LogP contribution in [0.15, 0.2) is 0 Å². The highest BCUT2D eigenvalue weighted by Crippen LogP contribution is 2.41. The predicted molar refractivity (Wildman–Crippen MR) is 61.4 cm³/mol. The lowest BCUT2D eigenvalue weighted by Gasteiger charge is -2.32. The molecule has 3 unspecified atom stereocenters. The minimum Gasteiger partial charge on any atom is -0.480 e. The Morgan fingerprint density at radius 3 is 2.37 bits per heavy atom. The highest BCUT2D eigenvalue weighted by Gasteiger charge is 2.48. The first-order valence-electron chi connectivity index (χ1n) is 6.37. The minimum absolute atomic E-state index is 0.0640. The number of alkyl halides is 3. The normalized spacial score (nSPS) is 25.7. The average Bonchev–Trinajstić information content (AvgIpc) is 2.34. The lowest BCUT2D eigenvalue weighted by atomic mass is 9.78. The number of hydrogen-bond acceptors (Lipinski definition) is 2. The second-order valence-corrected chi connectivity index (χ2v) is 4.85. The Morgan fingerprint density at radius 2 is 1.89 bits per heavy atom. The van der Waals surface area contributed by atoms with Gasteiger partial charge in [0.1, 0.15) is 6.04 Å². The Hall–Kier alpha value is -1.27. The molecule has 0 heterocycles. The van der Waals surface area contributed by atoms with Crippen LogP contribution in [-0.2, 0) is 9.59 Å². The predicted octanol–water partition coefficient (Wildman–Crippen LogP) is 2.33. The molecule has 3 atom stereocenters. The highest BCUT2D eigenvalue weighted by atomic mass is 19.4. The quantitative estimate of drug-likeness (QED) is 0.831. The Balaban J connectivity index is 2.75. The van der Waals surface area contributed by atoms with Crippen molar-refractivity contribution in [1.29, 1.82) is 0 Å². The van der Waals surface area contributed by atoms with Crippen LogP contribution < -0.4 is 5.32 Å². The third-order valence-corrected chi connectivity index (χ3v) is 3.55. The summed E-state index contributed by atoms with van der Waals surface area (Å²) < 4.78 is 38.5. The van der Waals surface area contributed by atoms with Crippen LogP contribution in [0, 0.1) is 11.8 Å². The van der Waals surface area contributed by atoms with Crippen LogP contribution in [0.25, 0.3) is 0 Å². The lowest BCUT2D eigenvalue weighted by Crippen LogP contribution is -2.48. The second kappa shape index (κ2) is 6.25. The van der Waals surface area contributed by atoms with Crippen molar-refractivity contribution in [3.8, 4) is 0 Å². The fourth-order valence-corrected chi connectivity index (χ4v) is 2.45. The van der Waals surface area contributed by atoms with Crippen LogP contribution in [0.5, 0.6) is 0 Å². The van der Waals surface area contributed by atoms with Gasteiger partial charge in [0.15, 0.2) is 0 Å². The van der Waals surface area contributed by atoms with Gasteiger partial charge in [0.25, 0.3) is 0 Å². The molecule has 110 valence electrons. The Labute approximate surface area is 109 Å². The molecule has 1 rings (SSSR count). The maximum atomic E-state index is 12.8. The third-order valence-electron chi connectivity index (χ3n) is 3.55. The van der Waals surface area contributed by atoms with Gasteiger partial charge in [-0.25, -0.2) is 4.79 Å². The van der Waals surface area contributed by atoms with Gasteiger partial charge in [-0.15, -0.1) is 0 Å². The van der Waals surface area contributed by atoms with Gasteiger partial charge in [-0.2, -0.15) is 13.2 Å². The van der Waals surface area contributed by atoms with Gasteiger partial charge in [0.05, 0.1) is 5.92 Å². The first kappa shape index (κ1) is 15.8. The molecule has 4 nitrogen and oxygen atoms in total. The number of hydrogen-bond donors (Lipinski definition) is 2. The summed E-state index contributed by atoms with van der Waals surface area (Å²) in [6, 6.07) is -1.12. The van der Waals surface area contributed by atoms with E-state index in [9.17, 15) is 22.8 Å². The van der Waals surface area contributed by atoms with Crippen molar-refractivity contribution in [3.63, 3.8) is 0 Å². The van der Waals surface area contributed by atoms with Crippen LogP contribution in [0.1, 0.15) is 39.0 Å². The largest absolute Gasteiger partial charge is 0.480 e. The van der Waals surface area contributed by atoms with Crippen LogP contribution in [-0.4, -0.2) is 29.2 Å². The standard InChI is InChI=1S/C12H18F3NO3/c1-2-9(11(18)19)16-10(17)7-5-3-4-6-8(7)12(13,14)15/h7-9H,2-6H2,1H3,(H,16,17)(H,18,19). The van der Waals surface area contributed by atoms with Crippen molar-refractivity contribution in [3.05, 3.63) is 0 Å². The zero-order chi connectivity index (χ0) is 14.6. The monoisotopic (exact) mass is 281 g/mol. The number of carboxylic acids is 1. The number of rotatable bonds is 4. The zero-order valence-corrected chi connectivity index (χ0v) is 10.7. The molecule has 1 fully saturated rings. The average molecular weight is 281 g/mol. The van der Waals surface area contributed by atoms with E-state index in [0.29, 0.717) is 12.8 Å². The first-order valence-corrected chi connectivity index (χ1v) is 6.37. The van der Waals surface area contributed by atoms with Crippen LogP contribution in [0.3, 0.4) is 0 Å². The molecule has 0 spiro atoms. The lowest BCUT2D eigenvalue weighted by molar-refractivity contribution is -0.198. The summed E-state index contributed by atoms with van der Waals surface area (Å²) in [5, 5.41) is 11.0. The number of nitrogens with one attached hydrogen (secondary N) is 1. The van der Waals surface area contributed by atoms with Crippen molar-refractivity contribution in [2.45, 2.75) is 51.2 Å². The first-order chi connectivity index (χ1) is 8.77. The van der Waals surface area contributed by atoms with E-state index in [0.717, 1.165) is 0 Å². The number of amides is 1. The molecule has 0 saturated heterocycles. The molecule has 0 bridgehead atoms. The van der Waals surface area contributed by atoms with Crippen molar-refractivity contribution < 1.29 is 27.9 Å². The van der Waals surface area contributed by atoms with E-state index in [1.807, 2.05) is 0 Å². The Morgan fingerprint density at radius 1 is 1.32 bits per heavy atom. The Kier molecular flexibility index (Phi) is 5.20. The van der Waals surface area contributed by atoms with Crippen LogP contribution >= 0.6 is 0 Å². The van der Waals surface area contributed by atoms with Gasteiger partial charge in [-0.1, -0.05) is 19.8 Å². The van der Waals surface area contributed by atoms with Gasteiger partial charge in [-0.3, -0.25) is 4.79 Å². The molecule has 1 saturated carbocycles. The number of carbonyl (C=O) groups is 2. The van der Waals surface area contributed by atoms with Gasteiger partial charge in [0.2, 0.25) is 5.91 Å². The molecule has 1 aliphatic rings. The molecular formula is C12H18F3NO3. The molecule has 0 radical (unpaired) electrons. The van der Waals surface area contributed by atoms with Crippen molar-refractivity contribution >= 4 is 11.9 Å². The molecule has 19 heavy (non-hydrogen) atoms. The maximum Gasteiger partial charge on any atom is 0.392 e. The summed E-state index contributed by atoms with van der Waals surface area (Å²) in [5.74, 6) is -4.85. The van der Waals surface area contributed by atoms with E-state index in [1.54, 1.807) is 6.92 Å². The Bertz CT molecular complexity index is 344. The van der Waals surface area contributed by atoms with E-state index in [4.69, 9.17) is 5.11 Å². The van der Waals surface area contributed by atoms with Crippen LogP contribution in [0.4, 0.5) is 13.2 Å². The van der Waals surface area contributed by atoms with Gasteiger partial charge in [-0.05, 0) is 19.3 Å². The van der Waals surface area contributed by atoms with Crippen molar-refractivity contribution in [2.24, 2.45) is 11.8 Å². The van der Waals surface area contributed by atoms with Gasteiger partial charge in [0, 0.05) is 5.92 Å². The summed E-state index contributed by atoms with van der Waals surface area (Å²) >= 11 is 0. The summed E-state index contributed by atoms with van der Waals surface area (Å²) in [4.78, 5) is 22.6. The number of carbonyl (C=O) groups excluding carboxylic acids is 1. The minimum atomic E-state index is -4.41. The maximum absolute atomic E-state index is 12.8. The highest BCUT2D eigenvalue weighted by molar-refractivity contribution is 5.85. The molecule has 1 amide bonds. The fourth-order valence-electron chi connectivity index (χ4n) is 2.45. The van der Waals surface area contributed by atoms with E-state index in [1.165, 1.54) is 0 Å². The molecular weight excluding hydrogens is 263 g/mol. The molecule has 0 aromatic rings. The smallest absolute Gasteiger partial charge is 0.392 e. The topological polar surface area (TPSA) is 66.4 Å². The zero-order valence-electron chi connectivity index (χ0n) is 10.7. The molecule has 7 heteroatoms. The molecule has 2 N–H and O–H groups in total. The molecule has 1 aliphatic carbocycles. The molecule has 0 aromatic carbocycles. The summed E-state index contributed by atoms with van der Waals surface area (Å²) in [6.07, 6.45) is -3.16. The van der Waals surface area contributed by atoms with Gasteiger partial charge < -0.3 is 10.4 Å². The number of carboxylic acid groups (broad SMARTS) is 1.